The van der Waals surface area contributed by atoms with Crippen molar-refractivity contribution < 1.29 is 29.0 Å². The number of aliphatic carboxylic acids is 1. The normalized spacial score (nSPS) is 18.5. The first-order valence-electron chi connectivity index (χ1n) is 9.78. The Kier molecular flexibility index (Phi) is 6.72. The summed E-state index contributed by atoms with van der Waals surface area (Å²) in [6.07, 6.45) is -0.227. The molecular formula is C23H25NO6. The van der Waals surface area contributed by atoms with E-state index in [9.17, 15) is 19.5 Å². The molecule has 0 aliphatic carbocycles. The fourth-order valence-electron chi connectivity index (χ4n) is 3.92. The van der Waals surface area contributed by atoms with Crippen LogP contribution < -0.4 is 0 Å². The van der Waals surface area contributed by atoms with Crippen LogP contribution in [0.5, 0.6) is 0 Å². The van der Waals surface area contributed by atoms with Gasteiger partial charge in [-0.05, 0) is 30.0 Å². The largest absolute Gasteiger partial charge is 0.481 e. The molecule has 0 spiro atoms. The third-order valence-corrected chi connectivity index (χ3v) is 5.49. The lowest BCUT2D eigenvalue weighted by atomic mass is 9.78. The first-order valence-corrected chi connectivity index (χ1v) is 9.78. The second kappa shape index (κ2) is 9.43. The number of nitrogens with zero attached hydrogens (tertiary/aromatic N) is 1. The molecule has 2 aromatic rings. The van der Waals surface area contributed by atoms with Crippen LogP contribution in [0.25, 0.3) is 0 Å². The van der Waals surface area contributed by atoms with E-state index in [0.717, 1.165) is 5.56 Å². The van der Waals surface area contributed by atoms with Crippen LogP contribution in [0, 0.1) is 12.8 Å². The van der Waals surface area contributed by atoms with Crippen LogP contribution in [-0.2, 0) is 20.9 Å². The summed E-state index contributed by atoms with van der Waals surface area (Å²) in [5.41, 5.74) is 2.51. The van der Waals surface area contributed by atoms with Gasteiger partial charge in [0.05, 0.1) is 18.6 Å². The van der Waals surface area contributed by atoms with Gasteiger partial charge in [0.1, 0.15) is 6.61 Å². The molecule has 158 valence electrons. The van der Waals surface area contributed by atoms with Gasteiger partial charge in [0.15, 0.2) is 0 Å². The fourth-order valence-corrected chi connectivity index (χ4v) is 3.92. The number of ether oxygens (including phenoxy) is 2. The molecule has 3 rings (SSSR count). The molecule has 1 amide bonds. The number of carboxylic acids is 1. The van der Waals surface area contributed by atoms with E-state index in [1.165, 1.54) is 12.0 Å². The number of amides is 1. The molecule has 7 heteroatoms. The van der Waals surface area contributed by atoms with E-state index in [1.54, 1.807) is 25.1 Å². The molecule has 1 N–H and O–H groups in total. The summed E-state index contributed by atoms with van der Waals surface area (Å²) in [7, 11) is 1.29. The minimum Gasteiger partial charge on any atom is -0.481 e. The lowest BCUT2D eigenvalue weighted by Gasteiger charge is -2.37. The van der Waals surface area contributed by atoms with E-state index in [1.807, 2.05) is 30.3 Å². The Morgan fingerprint density at radius 1 is 1.10 bits per heavy atom. The maximum absolute atomic E-state index is 12.6. The van der Waals surface area contributed by atoms with Crippen molar-refractivity contribution in [3.05, 3.63) is 70.8 Å². The standard InChI is InChI=1S/C23H25NO6/c1-15-7-6-10-17(20(15)22(27)29-2)19-13-24(12-11-18(19)21(25)26)23(28)30-14-16-8-4-3-5-9-16/h3-10,18-19H,11-14H2,1-2H3,(H,25,26). The number of piperidine rings is 1. The molecule has 7 nitrogen and oxygen atoms in total. The Morgan fingerprint density at radius 2 is 1.83 bits per heavy atom. The number of hydrogen-bond donors (Lipinski definition) is 1. The van der Waals surface area contributed by atoms with Crippen LogP contribution in [-0.4, -0.2) is 48.2 Å². The number of benzene rings is 2. The second-order valence-electron chi connectivity index (χ2n) is 7.36. The molecule has 2 aromatic carbocycles. The quantitative estimate of drug-likeness (QED) is 0.756. The van der Waals surface area contributed by atoms with Crippen LogP contribution >= 0.6 is 0 Å². The number of likely N-dealkylation sites (tertiary alicyclic amines) is 1. The molecule has 0 aromatic heterocycles. The molecule has 0 radical (unpaired) electrons. The van der Waals surface area contributed by atoms with Crippen molar-refractivity contribution in [2.24, 2.45) is 5.92 Å². The number of methoxy groups -OCH3 is 1. The SMILES string of the molecule is COC(=O)c1c(C)cccc1C1CN(C(=O)OCc2ccccc2)CCC1C(=O)O. The molecule has 0 saturated carbocycles. The van der Waals surface area contributed by atoms with Gasteiger partial charge < -0.3 is 19.5 Å². The number of esters is 1. The number of carbonyl (C=O) groups is 3. The Bertz CT molecular complexity index is 927. The van der Waals surface area contributed by atoms with Crippen molar-refractivity contribution >= 4 is 18.0 Å². The highest BCUT2D eigenvalue weighted by Crippen LogP contribution is 2.36. The zero-order valence-corrected chi connectivity index (χ0v) is 17.0. The topological polar surface area (TPSA) is 93.1 Å². The highest BCUT2D eigenvalue weighted by Gasteiger charge is 2.39. The summed E-state index contributed by atoms with van der Waals surface area (Å²) in [4.78, 5) is 38.4. The summed E-state index contributed by atoms with van der Waals surface area (Å²) in [5.74, 6) is -2.73. The highest BCUT2D eigenvalue weighted by molar-refractivity contribution is 5.93. The van der Waals surface area contributed by atoms with E-state index in [-0.39, 0.29) is 26.1 Å². The molecular weight excluding hydrogens is 386 g/mol. The molecule has 1 fully saturated rings. The Balaban J connectivity index is 1.83. The average molecular weight is 411 g/mol. The molecule has 2 atom stereocenters. The van der Waals surface area contributed by atoms with E-state index in [2.05, 4.69) is 0 Å². The van der Waals surface area contributed by atoms with Crippen LogP contribution in [0.3, 0.4) is 0 Å². The summed E-state index contributed by atoms with van der Waals surface area (Å²) in [5, 5.41) is 9.75. The Labute approximate surface area is 175 Å². The van der Waals surface area contributed by atoms with Crippen molar-refractivity contribution in [1.29, 1.82) is 0 Å². The molecule has 0 bridgehead atoms. The number of rotatable bonds is 5. The van der Waals surface area contributed by atoms with Crippen LogP contribution in [0.4, 0.5) is 4.79 Å². The number of aryl methyl sites for hydroxylation is 1. The zero-order valence-electron chi connectivity index (χ0n) is 17.0. The van der Waals surface area contributed by atoms with Crippen molar-refractivity contribution in [2.75, 3.05) is 20.2 Å². The van der Waals surface area contributed by atoms with Crippen LogP contribution in [0.2, 0.25) is 0 Å². The van der Waals surface area contributed by atoms with Crippen molar-refractivity contribution in [1.82, 2.24) is 4.90 Å². The highest BCUT2D eigenvalue weighted by atomic mass is 16.6. The first-order chi connectivity index (χ1) is 14.4. The van der Waals surface area contributed by atoms with Gasteiger partial charge in [-0.1, -0.05) is 48.5 Å². The van der Waals surface area contributed by atoms with Gasteiger partial charge in [-0.3, -0.25) is 4.79 Å². The molecule has 1 heterocycles. The average Bonchev–Trinajstić information content (AvgIpc) is 2.77. The molecule has 1 aliphatic heterocycles. The number of carbonyl (C=O) groups excluding carboxylic acids is 2. The predicted octanol–water partition coefficient (Wildman–Crippen LogP) is 3.61. The van der Waals surface area contributed by atoms with Crippen LogP contribution in [0.15, 0.2) is 48.5 Å². The summed E-state index contributed by atoms with van der Waals surface area (Å²) in [6.45, 7) is 2.35. The maximum atomic E-state index is 12.6. The molecule has 1 aliphatic rings. The van der Waals surface area contributed by atoms with Crippen molar-refractivity contribution in [3.63, 3.8) is 0 Å². The van der Waals surface area contributed by atoms with Gasteiger partial charge in [0, 0.05) is 19.0 Å². The lowest BCUT2D eigenvalue weighted by molar-refractivity contribution is -0.144. The van der Waals surface area contributed by atoms with Gasteiger partial charge in [0.25, 0.3) is 0 Å². The number of carboxylic acid groups (broad SMARTS) is 1. The Morgan fingerprint density at radius 3 is 2.50 bits per heavy atom. The summed E-state index contributed by atoms with van der Waals surface area (Å²) < 4.78 is 10.3. The zero-order chi connectivity index (χ0) is 21.7. The smallest absolute Gasteiger partial charge is 0.410 e. The van der Waals surface area contributed by atoms with Crippen molar-refractivity contribution in [3.8, 4) is 0 Å². The molecule has 1 saturated heterocycles. The molecule has 30 heavy (non-hydrogen) atoms. The maximum Gasteiger partial charge on any atom is 0.410 e. The molecule has 2 unspecified atom stereocenters. The van der Waals surface area contributed by atoms with E-state index < -0.39 is 29.9 Å². The van der Waals surface area contributed by atoms with E-state index >= 15 is 0 Å². The van der Waals surface area contributed by atoms with Gasteiger partial charge in [-0.25, -0.2) is 9.59 Å². The minimum absolute atomic E-state index is 0.140. The second-order valence-corrected chi connectivity index (χ2v) is 7.36. The number of hydrogen-bond acceptors (Lipinski definition) is 5. The minimum atomic E-state index is -0.949. The van der Waals surface area contributed by atoms with Gasteiger partial charge in [-0.15, -0.1) is 0 Å². The van der Waals surface area contributed by atoms with Gasteiger partial charge in [0.2, 0.25) is 0 Å². The lowest BCUT2D eigenvalue weighted by Crippen LogP contribution is -2.45. The third-order valence-electron chi connectivity index (χ3n) is 5.49. The van der Waals surface area contributed by atoms with Gasteiger partial charge in [-0.2, -0.15) is 0 Å². The van der Waals surface area contributed by atoms with Crippen molar-refractivity contribution in [2.45, 2.75) is 25.9 Å². The first kappa shape index (κ1) is 21.4. The fraction of sp³-hybridized carbons (Fsp3) is 0.348. The summed E-state index contributed by atoms with van der Waals surface area (Å²) >= 11 is 0. The van der Waals surface area contributed by atoms with E-state index in [4.69, 9.17) is 9.47 Å². The predicted molar refractivity (Wildman–Crippen MR) is 109 cm³/mol. The van der Waals surface area contributed by atoms with Crippen LogP contribution in [0.1, 0.15) is 39.4 Å². The van der Waals surface area contributed by atoms with Gasteiger partial charge >= 0.3 is 18.0 Å². The van der Waals surface area contributed by atoms with E-state index in [0.29, 0.717) is 16.7 Å². The Hall–Kier alpha value is -3.35. The third kappa shape index (κ3) is 4.62. The summed E-state index contributed by atoms with van der Waals surface area (Å²) in [6, 6.07) is 14.6. The monoisotopic (exact) mass is 411 g/mol.